The topological polar surface area (TPSA) is 13.0 Å². The van der Waals surface area contributed by atoms with Crippen molar-refractivity contribution in [3.8, 4) is 0 Å². The number of anilines is 2. The molecule has 0 atom stereocenters. The first kappa shape index (κ1) is 18.2. The number of hydrogen-bond acceptors (Lipinski definition) is 4. The standard InChI is InChI=1S/C20H18F4N4/c21-15-1-3-19(17(23)11-15)27-9-7-25(13-27)5-6-26-8-10-28(14-26)20-4-2-16(22)12-18(20)24/h1-4,7-12H,5-6,13-14H2. The van der Waals surface area contributed by atoms with Crippen LogP contribution >= 0.6 is 0 Å². The lowest BCUT2D eigenvalue weighted by Gasteiger charge is -2.25. The molecule has 2 aliphatic rings. The smallest absolute Gasteiger partial charge is 0.149 e. The van der Waals surface area contributed by atoms with E-state index in [-0.39, 0.29) is 0 Å². The lowest BCUT2D eigenvalue weighted by Crippen LogP contribution is -2.34. The zero-order valence-electron chi connectivity index (χ0n) is 14.9. The molecule has 0 fully saturated rings. The van der Waals surface area contributed by atoms with Crippen molar-refractivity contribution in [3.63, 3.8) is 0 Å². The third-order valence-corrected chi connectivity index (χ3v) is 4.70. The van der Waals surface area contributed by atoms with Crippen LogP contribution in [0, 0.1) is 23.3 Å². The highest BCUT2D eigenvalue weighted by Gasteiger charge is 2.20. The number of halogens is 4. The van der Waals surface area contributed by atoms with Gasteiger partial charge in [0.15, 0.2) is 0 Å². The summed E-state index contributed by atoms with van der Waals surface area (Å²) in [6.45, 7) is 2.24. The van der Waals surface area contributed by atoms with Crippen LogP contribution in [0.4, 0.5) is 28.9 Å². The van der Waals surface area contributed by atoms with Gasteiger partial charge in [-0.2, -0.15) is 0 Å². The van der Waals surface area contributed by atoms with Gasteiger partial charge in [0.25, 0.3) is 0 Å². The zero-order valence-corrected chi connectivity index (χ0v) is 14.9. The van der Waals surface area contributed by atoms with E-state index in [1.54, 1.807) is 22.2 Å². The summed E-state index contributed by atoms with van der Waals surface area (Å²) < 4.78 is 53.9. The van der Waals surface area contributed by atoms with Crippen LogP contribution < -0.4 is 9.80 Å². The van der Waals surface area contributed by atoms with Gasteiger partial charge in [0.2, 0.25) is 0 Å². The first-order valence-electron chi connectivity index (χ1n) is 8.78. The summed E-state index contributed by atoms with van der Waals surface area (Å²) >= 11 is 0. The quantitative estimate of drug-likeness (QED) is 0.715. The predicted molar refractivity (Wildman–Crippen MR) is 99.1 cm³/mol. The van der Waals surface area contributed by atoms with Gasteiger partial charge in [-0.15, -0.1) is 0 Å². The molecule has 2 aliphatic heterocycles. The summed E-state index contributed by atoms with van der Waals surface area (Å²) in [6.07, 6.45) is 7.19. The van der Waals surface area contributed by atoms with E-state index in [0.717, 1.165) is 12.1 Å². The third-order valence-electron chi connectivity index (χ3n) is 4.70. The number of nitrogens with zero attached hydrogens (tertiary/aromatic N) is 4. The Hall–Kier alpha value is -3.16. The first-order chi connectivity index (χ1) is 13.5. The molecule has 8 heteroatoms. The van der Waals surface area contributed by atoms with Crippen LogP contribution in [0.15, 0.2) is 61.2 Å². The molecule has 4 nitrogen and oxygen atoms in total. The SMILES string of the molecule is Fc1ccc(N2C=CN(CCN3C=CN(c4ccc(F)cc4F)C3)C2)c(F)c1. The van der Waals surface area contributed by atoms with Crippen molar-refractivity contribution in [1.82, 2.24) is 9.80 Å². The molecule has 146 valence electrons. The zero-order chi connectivity index (χ0) is 19.7. The Labute approximate surface area is 160 Å². The Bertz CT molecular complexity index is 855. The van der Waals surface area contributed by atoms with Gasteiger partial charge in [0.1, 0.15) is 23.3 Å². The second-order valence-electron chi connectivity index (χ2n) is 6.63. The molecule has 0 unspecified atom stereocenters. The van der Waals surface area contributed by atoms with Crippen molar-refractivity contribution in [2.75, 3.05) is 36.2 Å². The van der Waals surface area contributed by atoms with Gasteiger partial charge in [-0.3, -0.25) is 0 Å². The molecule has 2 heterocycles. The molecule has 0 amide bonds. The normalized spacial score (nSPS) is 16.0. The maximum absolute atomic E-state index is 13.9. The molecule has 0 radical (unpaired) electrons. The third kappa shape index (κ3) is 3.76. The van der Waals surface area contributed by atoms with Crippen LogP contribution in [0.3, 0.4) is 0 Å². The van der Waals surface area contributed by atoms with Gasteiger partial charge in [-0.05, 0) is 24.3 Å². The molecule has 0 saturated heterocycles. The molecular formula is C20H18F4N4. The Kier molecular flexibility index (Phi) is 4.85. The molecule has 0 saturated carbocycles. The molecule has 28 heavy (non-hydrogen) atoms. The fraction of sp³-hybridized carbons (Fsp3) is 0.200. The van der Waals surface area contributed by atoms with Crippen molar-refractivity contribution < 1.29 is 17.6 Å². The van der Waals surface area contributed by atoms with Crippen molar-refractivity contribution in [2.45, 2.75) is 0 Å². The molecule has 0 N–H and O–H groups in total. The van der Waals surface area contributed by atoms with Gasteiger partial charge in [0.05, 0.1) is 24.7 Å². The van der Waals surface area contributed by atoms with Crippen LogP contribution in [0.1, 0.15) is 0 Å². The van der Waals surface area contributed by atoms with Gasteiger partial charge in [0, 0.05) is 50.0 Å². The van der Waals surface area contributed by atoms with Crippen LogP contribution in [0.2, 0.25) is 0 Å². The van der Waals surface area contributed by atoms with E-state index in [0.29, 0.717) is 37.8 Å². The minimum absolute atomic E-state index is 0.319. The molecule has 2 aromatic carbocycles. The van der Waals surface area contributed by atoms with Gasteiger partial charge >= 0.3 is 0 Å². The average Bonchev–Trinajstić information content (AvgIpc) is 3.29. The Morgan fingerprint density at radius 3 is 1.43 bits per heavy atom. The number of rotatable bonds is 5. The highest BCUT2D eigenvalue weighted by Crippen LogP contribution is 2.25. The van der Waals surface area contributed by atoms with E-state index >= 15 is 0 Å². The van der Waals surface area contributed by atoms with E-state index in [4.69, 9.17) is 0 Å². The molecular weight excluding hydrogens is 372 g/mol. The van der Waals surface area contributed by atoms with E-state index in [2.05, 4.69) is 0 Å². The second kappa shape index (κ2) is 7.46. The Morgan fingerprint density at radius 1 is 0.607 bits per heavy atom. The van der Waals surface area contributed by atoms with Gasteiger partial charge in [-0.25, -0.2) is 17.6 Å². The second-order valence-corrected chi connectivity index (χ2v) is 6.63. The van der Waals surface area contributed by atoms with Crippen molar-refractivity contribution in [2.24, 2.45) is 0 Å². The van der Waals surface area contributed by atoms with Crippen LogP contribution in [0.25, 0.3) is 0 Å². The number of benzene rings is 2. The van der Waals surface area contributed by atoms with E-state index in [1.807, 2.05) is 22.2 Å². The Balaban J connectivity index is 1.29. The fourth-order valence-corrected chi connectivity index (χ4v) is 3.22. The summed E-state index contributed by atoms with van der Waals surface area (Å²) in [5.41, 5.74) is 0.637. The van der Waals surface area contributed by atoms with Crippen LogP contribution in [0.5, 0.6) is 0 Å². The highest BCUT2D eigenvalue weighted by atomic mass is 19.1. The Morgan fingerprint density at radius 2 is 1.04 bits per heavy atom. The van der Waals surface area contributed by atoms with Crippen LogP contribution in [-0.4, -0.2) is 36.2 Å². The maximum atomic E-state index is 13.9. The summed E-state index contributed by atoms with van der Waals surface area (Å²) in [6, 6.07) is 7.02. The van der Waals surface area contributed by atoms with E-state index in [9.17, 15) is 17.6 Å². The molecule has 0 bridgehead atoms. The monoisotopic (exact) mass is 390 g/mol. The summed E-state index contributed by atoms with van der Waals surface area (Å²) in [5, 5.41) is 0. The molecule has 2 aromatic rings. The molecule has 0 aliphatic carbocycles. The summed E-state index contributed by atoms with van der Waals surface area (Å²) in [5.74, 6) is -2.43. The van der Waals surface area contributed by atoms with Gasteiger partial charge < -0.3 is 19.6 Å². The largest absolute Gasteiger partial charge is 0.356 e. The van der Waals surface area contributed by atoms with Crippen molar-refractivity contribution >= 4 is 11.4 Å². The van der Waals surface area contributed by atoms with Crippen molar-refractivity contribution in [1.29, 1.82) is 0 Å². The number of hydrogen-bond donors (Lipinski definition) is 0. The van der Waals surface area contributed by atoms with Crippen LogP contribution in [-0.2, 0) is 0 Å². The fourth-order valence-electron chi connectivity index (χ4n) is 3.22. The molecule has 0 aromatic heterocycles. The first-order valence-corrected chi connectivity index (χ1v) is 8.78. The summed E-state index contributed by atoms with van der Waals surface area (Å²) in [7, 11) is 0. The average molecular weight is 390 g/mol. The van der Waals surface area contributed by atoms with E-state index in [1.165, 1.54) is 24.3 Å². The molecule has 0 spiro atoms. The minimum Gasteiger partial charge on any atom is -0.356 e. The van der Waals surface area contributed by atoms with E-state index < -0.39 is 23.3 Å². The summed E-state index contributed by atoms with van der Waals surface area (Å²) in [4.78, 5) is 7.40. The predicted octanol–water partition coefficient (Wildman–Crippen LogP) is 4.04. The lowest BCUT2D eigenvalue weighted by atomic mass is 10.3. The van der Waals surface area contributed by atoms with Crippen molar-refractivity contribution in [3.05, 3.63) is 84.5 Å². The highest BCUT2D eigenvalue weighted by molar-refractivity contribution is 5.52. The molecule has 4 rings (SSSR count). The van der Waals surface area contributed by atoms with Gasteiger partial charge in [-0.1, -0.05) is 0 Å². The lowest BCUT2D eigenvalue weighted by molar-refractivity contribution is 0.321. The minimum atomic E-state index is -0.607. The maximum Gasteiger partial charge on any atom is 0.149 e.